The van der Waals surface area contributed by atoms with Gasteiger partial charge in [0.1, 0.15) is 5.82 Å². The van der Waals surface area contributed by atoms with Crippen LogP contribution in [-0.2, 0) is 0 Å². The average Bonchev–Trinajstić information content (AvgIpc) is 2.65. The molecule has 25 heavy (non-hydrogen) atoms. The van der Waals surface area contributed by atoms with Crippen LogP contribution >= 0.6 is 12.2 Å². The molecule has 3 rings (SSSR count). The predicted octanol–water partition coefficient (Wildman–Crippen LogP) is 3.85. The van der Waals surface area contributed by atoms with Crippen molar-refractivity contribution in [3.05, 3.63) is 72.1 Å². The summed E-state index contributed by atoms with van der Waals surface area (Å²) in [5.74, 6) is -0.242. The molecule has 1 heterocycles. The zero-order valence-electron chi connectivity index (χ0n) is 14.1. The van der Waals surface area contributed by atoms with Crippen LogP contribution in [-0.4, -0.2) is 47.6 Å². The van der Waals surface area contributed by atoms with Crippen molar-refractivity contribution in [2.45, 2.75) is 0 Å². The van der Waals surface area contributed by atoms with E-state index in [1.807, 2.05) is 18.2 Å². The lowest BCUT2D eigenvalue weighted by atomic mass is 10.2. The fourth-order valence-corrected chi connectivity index (χ4v) is 3.07. The first kappa shape index (κ1) is 17.6. The van der Waals surface area contributed by atoms with Crippen molar-refractivity contribution in [2.24, 2.45) is 0 Å². The third-order valence-corrected chi connectivity index (χ3v) is 4.59. The van der Waals surface area contributed by atoms with Gasteiger partial charge in [-0.15, -0.1) is 0 Å². The van der Waals surface area contributed by atoms with Gasteiger partial charge in [0.2, 0.25) is 0 Å². The SMILES string of the molecule is Fc1ccc(NC(=S)N2CCN(CC=Cc3ccccc3)CC2)cc1. The van der Waals surface area contributed by atoms with Crippen LogP contribution in [0.5, 0.6) is 0 Å². The maximum absolute atomic E-state index is 12.9. The topological polar surface area (TPSA) is 18.5 Å². The van der Waals surface area contributed by atoms with Crippen LogP contribution in [0, 0.1) is 5.82 Å². The van der Waals surface area contributed by atoms with E-state index in [9.17, 15) is 4.39 Å². The maximum atomic E-state index is 12.9. The summed E-state index contributed by atoms with van der Waals surface area (Å²) in [5.41, 5.74) is 2.05. The number of rotatable bonds is 4. The molecule has 0 amide bonds. The number of nitrogens with zero attached hydrogens (tertiary/aromatic N) is 2. The van der Waals surface area contributed by atoms with Gasteiger partial charge in [0.25, 0.3) is 0 Å². The van der Waals surface area contributed by atoms with Crippen LogP contribution in [0.2, 0.25) is 0 Å². The molecule has 2 aromatic carbocycles. The zero-order chi connectivity index (χ0) is 17.5. The lowest BCUT2D eigenvalue weighted by Crippen LogP contribution is -2.49. The molecule has 0 bridgehead atoms. The van der Waals surface area contributed by atoms with Crippen LogP contribution in [0.1, 0.15) is 5.56 Å². The number of nitrogens with one attached hydrogen (secondary N) is 1. The minimum atomic E-state index is -0.242. The molecule has 0 unspecified atom stereocenters. The molecule has 3 nitrogen and oxygen atoms in total. The largest absolute Gasteiger partial charge is 0.346 e. The fraction of sp³-hybridized carbons (Fsp3) is 0.250. The first-order valence-electron chi connectivity index (χ1n) is 8.46. The summed E-state index contributed by atoms with van der Waals surface area (Å²) in [7, 11) is 0. The molecule has 2 aromatic rings. The average molecular weight is 355 g/mol. The van der Waals surface area contributed by atoms with E-state index < -0.39 is 0 Å². The van der Waals surface area contributed by atoms with E-state index in [4.69, 9.17) is 12.2 Å². The summed E-state index contributed by atoms with van der Waals surface area (Å²) >= 11 is 5.47. The van der Waals surface area contributed by atoms with Gasteiger partial charge in [-0.05, 0) is 42.0 Å². The summed E-state index contributed by atoms with van der Waals surface area (Å²) in [6.07, 6.45) is 4.37. The van der Waals surface area contributed by atoms with Crippen LogP contribution in [0.25, 0.3) is 6.08 Å². The van der Waals surface area contributed by atoms with Crippen molar-refractivity contribution in [3.8, 4) is 0 Å². The number of thiocarbonyl (C=S) groups is 1. The molecule has 0 aromatic heterocycles. The van der Waals surface area contributed by atoms with E-state index in [-0.39, 0.29) is 5.82 Å². The Bertz CT molecular complexity index is 707. The van der Waals surface area contributed by atoms with Gasteiger partial charge < -0.3 is 10.2 Å². The Morgan fingerprint density at radius 1 is 1.00 bits per heavy atom. The highest BCUT2D eigenvalue weighted by atomic mass is 32.1. The Balaban J connectivity index is 1.42. The Labute approximate surface area is 153 Å². The van der Waals surface area contributed by atoms with E-state index in [2.05, 4.69) is 39.4 Å². The van der Waals surface area contributed by atoms with Crippen molar-refractivity contribution >= 4 is 29.1 Å². The second kappa shape index (κ2) is 8.74. The first-order valence-corrected chi connectivity index (χ1v) is 8.87. The fourth-order valence-electron chi connectivity index (χ4n) is 2.77. The van der Waals surface area contributed by atoms with Crippen LogP contribution in [0.3, 0.4) is 0 Å². The standard InChI is InChI=1S/C20H22FN3S/c21-18-8-10-19(11-9-18)22-20(25)24-15-13-23(14-16-24)12-4-7-17-5-2-1-3-6-17/h1-11H,12-16H2,(H,22,25). The van der Waals surface area contributed by atoms with Gasteiger partial charge in [-0.3, -0.25) is 4.90 Å². The molecule has 0 saturated carbocycles. The summed E-state index contributed by atoms with van der Waals surface area (Å²) in [6, 6.07) is 16.6. The summed E-state index contributed by atoms with van der Waals surface area (Å²) in [5, 5.41) is 3.88. The molecule has 1 N–H and O–H groups in total. The molecule has 1 fully saturated rings. The van der Waals surface area contributed by atoms with Crippen molar-refractivity contribution in [1.82, 2.24) is 9.80 Å². The van der Waals surface area contributed by atoms with Gasteiger partial charge in [0.15, 0.2) is 5.11 Å². The third kappa shape index (κ3) is 5.37. The smallest absolute Gasteiger partial charge is 0.173 e. The quantitative estimate of drug-likeness (QED) is 0.839. The molecule has 0 spiro atoms. The highest BCUT2D eigenvalue weighted by Gasteiger charge is 2.18. The van der Waals surface area contributed by atoms with Gasteiger partial charge in [-0.1, -0.05) is 42.5 Å². The molecular weight excluding hydrogens is 333 g/mol. The van der Waals surface area contributed by atoms with Gasteiger partial charge >= 0.3 is 0 Å². The Morgan fingerprint density at radius 3 is 2.36 bits per heavy atom. The molecule has 0 radical (unpaired) electrons. The predicted molar refractivity (Wildman–Crippen MR) is 106 cm³/mol. The van der Waals surface area contributed by atoms with E-state index in [1.54, 1.807) is 12.1 Å². The molecule has 0 atom stereocenters. The minimum absolute atomic E-state index is 0.242. The summed E-state index contributed by atoms with van der Waals surface area (Å²) in [4.78, 5) is 4.58. The van der Waals surface area contributed by atoms with Crippen molar-refractivity contribution in [3.63, 3.8) is 0 Å². The van der Waals surface area contributed by atoms with E-state index in [0.29, 0.717) is 5.11 Å². The molecule has 0 aliphatic carbocycles. The van der Waals surface area contributed by atoms with Crippen molar-refractivity contribution in [1.29, 1.82) is 0 Å². The van der Waals surface area contributed by atoms with Crippen LogP contribution < -0.4 is 5.32 Å². The van der Waals surface area contributed by atoms with E-state index in [1.165, 1.54) is 17.7 Å². The number of benzene rings is 2. The second-order valence-electron chi connectivity index (χ2n) is 6.04. The second-order valence-corrected chi connectivity index (χ2v) is 6.42. The number of piperazine rings is 1. The van der Waals surface area contributed by atoms with E-state index >= 15 is 0 Å². The van der Waals surface area contributed by atoms with Gasteiger partial charge in [0, 0.05) is 38.4 Å². The minimum Gasteiger partial charge on any atom is -0.346 e. The summed E-state index contributed by atoms with van der Waals surface area (Å²) < 4.78 is 12.9. The lowest BCUT2D eigenvalue weighted by Gasteiger charge is -2.35. The van der Waals surface area contributed by atoms with Gasteiger partial charge in [-0.25, -0.2) is 4.39 Å². The van der Waals surface area contributed by atoms with Crippen molar-refractivity contribution < 1.29 is 4.39 Å². The number of anilines is 1. The maximum Gasteiger partial charge on any atom is 0.173 e. The molecule has 1 aliphatic rings. The molecule has 130 valence electrons. The molecular formula is C20H22FN3S. The number of halogens is 1. The third-order valence-electron chi connectivity index (χ3n) is 4.23. The van der Waals surface area contributed by atoms with Crippen LogP contribution in [0.4, 0.5) is 10.1 Å². The molecule has 1 saturated heterocycles. The monoisotopic (exact) mass is 355 g/mol. The highest BCUT2D eigenvalue weighted by molar-refractivity contribution is 7.80. The normalized spacial score (nSPS) is 15.5. The lowest BCUT2D eigenvalue weighted by molar-refractivity contribution is 0.200. The van der Waals surface area contributed by atoms with E-state index in [0.717, 1.165) is 38.4 Å². The highest BCUT2D eigenvalue weighted by Crippen LogP contribution is 2.11. The first-order chi connectivity index (χ1) is 12.2. The Hall–Kier alpha value is -2.24. The molecule has 5 heteroatoms. The van der Waals surface area contributed by atoms with Gasteiger partial charge in [0.05, 0.1) is 0 Å². The zero-order valence-corrected chi connectivity index (χ0v) is 14.9. The molecule has 1 aliphatic heterocycles. The number of hydrogen-bond donors (Lipinski definition) is 1. The summed E-state index contributed by atoms with van der Waals surface area (Å²) in [6.45, 7) is 4.69. The Kier molecular flexibility index (Phi) is 6.14. The Morgan fingerprint density at radius 2 is 1.68 bits per heavy atom. The van der Waals surface area contributed by atoms with Crippen LogP contribution in [0.15, 0.2) is 60.7 Å². The van der Waals surface area contributed by atoms with Crippen molar-refractivity contribution in [2.75, 3.05) is 38.0 Å². The van der Waals surface area contributed by atoms with Gasteiger partial charge in [-0.2, -0.15) is 0 Å². The number of hydrogen-bond acceptors (Lipinski definition) is 2.